The Balaban J connectivity index is 1.77. The van der Waals surface area contributed by atoms with Crippen molar-refractivity contribution in [2.45, 2.75) is 0 Å². The molecular weight excluding hydrogens is 322 g/mol. The maximum absolute atomic E-state index is 10.8. The minimum absolute atomic E-state index is 0.219. The zero-order chi connectivity index (χ0) is 15.5. The fourth-order valence-corrected chi connectivity index (χ4v) is 2.57. The van der Waals surface area contributed by atoms with Crippen molar-refractivity contribution in [3.8, 4) is 5.69 Å². The second-order valence-electron chi connectivity index (χ2n) is 4.40. The summed E-state index contributed by atoms with van der Waals surface area (Å²) >= 11 is 6.98. The van der Waals surface area contributed by atoms with Gasteiger partial charge in [-0.1, -0.05) is 11.6 Å². The molecule has 0 spiro atoms. The van der Waals surface area contributed by atoms with Gasteiger partial charge in [0.05, 0.1) is 18.1 Å². The molecule has 110 valence electrons. The van der Waals surface area contributed by atoms with Gasteiger partial charge < -0.3 is 5.11 Å². The number of halogens is 1. The zero-order valence-electron chi connectivity index (χ0n) is 11.2. The number of carboxylic acids is 1. The molecule has 5 nitrogen and oxygen atoms in total. The molecule has 0 aliphatic heterocycles. The lowest BCUT2D eigenvalue weighted by Crippen LogP contribution is -1.92. The normalized spacial score (nSPS) is 11.1. The van der Waals surface area contributed by atoms with Gasteiger partial charge in [-0.2, -0.15) is 5.10 Å². The molecule has 0 amide bonds. The molecule has 0 fully saturated rings. The molecule has 22 heavy (non-hydrogen) atoms. The third kappa shape index (κ3) is 3.24. The Bertz CT molecular complexity index is 837. The molecule has 2 aromatic heterocycles. The number of aromatic carboxylic acids is 1. The summed E-state index contributed by atoms with van der Waals surface area (Å²) in [6.45, 7) is 0. The highest BCUT2D eigenvalue weighted by Gasteiger charge is 2.06. The van der Waals surface area contributed by atoms with E-state index in [1.807, 2.05) is 24.4 Å². The van der Waals surface area contributed by atoms with Crippen molar-refractivity contribution >= 4 is 41.1 Å². The van der Waals surface area contributed by atoms with E-state index in [-0.39, 0.29) is 4.88 Å². The van der Waals surface area contributed by atoms with E-state index < -0.39 is 5.97 Å². The Morgan fingerprint density at radius 2 is 2.00 bits per heavy atom. The highest BCUT2D eigenvalue weighted by Crippen LogP contribution is 2.17. The third-order valence-corrected chi connectivity index (χ3v) is 4.05. The van der Waals surface area contributed by atoms with E-state index in [9.17, 15) is 4.79 Å². The fourth-order valence-electron chi connectivity index (χ4n) is 1.79. The van der Waals surface area contributed by atoms with Crippen molar-refractivity contribution in [1.82, 2.24) is 14.8 Å². The Kier molecular flexibility index (Phi) is 4.04. The minimum Gasteiger partial charge on any atom is -0.477 e. The molecule has 0 saturated heterocycles. The lowest BCUT2D eigenvalue weighted by molar-refractivity contribution is 0.0702. The van der Waals surface area contributed by atoms with Gasteiger partial charge in [-0.05, 0) is 36.4 Å². The topological polar surface area (TPSA) is 68.0 Å². The summed E-state index contributed by atoms with van der Waals surface area (Å²) in [5, 5.41) is 14.4. The van der Waals surface area contributed by atoms with Crippen molar-refractivity contribution in [2.24, 2.45) is 0 Å². The predicted molar refractivity (Wildman–Crippen MR) is 86.6 cm³/mol. The van der Waals surface area contributed by atoms with Crippen LogP contribution in [-0.2, 0) is 0 Å². The van der Waals surface area contributed by atoms with Crippen molar-refractivity contribution in [1.29, 1.82) is 0 Å². The summed E-state index contributed by atoms with van der Waals surface area (Å²) in [5.74, 6) is -0.965. The van der Waals surface area contributed by atoms with E-state index in [2.05, 4.69) is 10.1 Å². The average Bonchev–Trinajstić information content (AvgIpc) is 3.15. The van der Waals surface area contributed by atoms with Crippen LogP contribution in [0.2, 0.25) is 5.02 Å². The highest BCUT2D eigenvalue weighted by atomic mass is 35.5. The van der Waals surface area contributed by atoms with Crippen LogP contribution in [0.3, 0.4) is 0 Å². The van der Waals surface area contributed by atoms with Gasteiger partial charge in [0.1, 0.15) is 9.88 Å². The molecule has 7 heteroatoms. The van der Waals surface area contributed by atoms with Crippen LogP contribution in [0.25, 0.3) is 17.8 Å². The van der Waals surface area contributed by atoms with Crippen LogP contribution in [-0.4, -0.2) is 25.8 Å². The zero-order valence-corrected chi connectivity index (χ0v) is 12.8. The molecule has 0 radical (unpaired) electrons. The lowest BCUT2D eigenvalue weighted by atomic mass is 10.3. The first kappa shape index (κ1) is 14.5. The molecule has 0 unspecified atom stereocenters. The van der Waals surface area contributed by atoms with Gasteiger partial charge in [0.2, 0.25) is 0 Å². The molecular formula is C15H10ClN3O2S. The van der Waals surface area contributed by atoms with Crippen LogP contribution in [0.1, 0.15) is 20.2 Å². The van der Waals surface area contributed by atoms with E-state index in [0.29, 0.717) is 10.0 Å². The second kappa shape index (κ2) is 6.13. The quantitative estimate of drug-likeness (QED) is 0.788. The number of carboxylic acid groups (broad SMARTS) is 1. The van der Waals surface area contributed by atoms with Crippen molar-refractivity contribution in [2.75, 3.05) is 0 Å². The minimum atomic E-state index is -0.965. The first-order valence-corrected chi connectivity index (χ1v) is 7.49. The van der Waals surface area contributed by atoms with E-state index in [0.717, 1.165) is 22.6 Å². The Labute approximate surface area is 135 Å². The van der Waals surface area contributed by atoms with Crippen LogP contribution in [0, 0.1) is 0 Å². The average molecular weight is 332 g/mol. The fraction of sp³-hybridized carbons (Fsp3) is 0. The maximum atomic E-state index is 10.8. The van der Waals surface area contributed by atoms with Crippen molar-refractivity contribution in [3.63, 3.8) is 0 Å². The van der Waals surface area contributed by atoms with Crippen molar-refractivity contribution in [3.05, 3.63) is 63.3 Å². The Morgan fingerprint density at radius 1 is 1.23 bits per heavy atom. The Morgan fingerprint density at radius 3 is 2.68 bits per heavy atom. The predicted octanol–water partition coefficient (Wildman–Crippen LogP) is 3.85. The first-order valence-electron chi connectivity index (χ1n) is 6.29. The summed E-state index contributed by atoms with van der Waals surface area (Å²) in [6, 6.07) is 7.36. The second-order valence-corrected chi connectivity index (χ2v) is 5.89. The Hall–Kier alpha value is -2.44. The maximum Gasteiger partial charge on any atom is 0.347 e. The van der Waals surface area contributed by atoms with Gasteiger partial charge in [0.25, 0.3) is 0 Å². The molecule has 0 aliphatic rings. The SMILES string of the molecule is O=C(O)c1cnc(/C=C\c2cnn(-c3ccc(Cl)cc3)c2)s1. The van der Waals surface area contributed by atoms with E-state index in [4.69, 9.17) is 16.7 Å². The highest BCUT2D eigenvalue weighted by molar-refractivity contribution is 7.14. The van der Waals surface area contributed by atoms with E-state index >= 15 is 0 Å². The molecule has 1 N–H and O–H groups in total. The molecule has 0 bridgehead atoms. The summed E-state index contributed by atoms with van der Waals surface area (Å²) in [7, 11) is 0. The largest absolute Gasteiger partial charge is 0.477 e. The summed E-state index contributed by atoms with van der Waals surface area (Å²) < 4.78 is 1.74. The van der Waals surface area contributed by atoms with E-state index in [1.165, 1.54) is 6.20 Å². The number of benzene rings is 1. The number of aromatic nitrogens is 3. The molecule has 0 atom stereocenters. The standard InChI is InChI=1S/C15H10ClN3O2S/c16-11-2-4-12(5-3-11)19-9-10(7-18-19)1-6-14-17-8-13(22-14)15(20)21/h1-9H,(H,20,21)/b6-1-. The van der Waals surface area contributed by atoms with Gasteiger partial charge >= 0.3 is 5.97 Å². The third-order valence-electron chi connectivity index (χ3n) is 2.85. The smallest absolute Gasteiger partial charge is 0.347 e. The van der Waals surface area contributed by atoms with Crippen molar-refractivity contribution < 1.29 is 9.90 Å². The number of hydrogen-bond donors (Lipinski definition) is 1. The molecule has 1 aromatic carbocycles. The first-order chi connectivity index (χ1) is 10.6. The van der Waals surface area contributed by atoms with Crippen LogP contribution in [0.5, 0.6) is 0 Å². The molecule has 2 heterocycles. The number of thiazole rings is 1. The number of carbonyl (C=O) groups is 1. The molecule has 3 rings (SSSR count). The van der Waals surface area contributed by atoms with Gasteiger partial charge in [0, 0.05) is 16.8 Å². The van der Waals surface area contributed by atoms with Crippen LogP contribution < -0.4 is 0 Å². The van der Waals surface area contributed by atoms with Gasteiger partial charge in [-0.15, -0.1) is 11.3 Å². The summed E-state index contributed by atoms with van der Waals surface area (Å²) in [4.78, 5) is 15.1. The van der Waals surface area contributed by atoms with Gasteiger partial charge in [-0.3, -0.25) is 0 Å². The van der Waals surface area contributed by atoms with E-state index in [1.54, 1.807) is 29.1 Å². The van der Waals surface area contributed by atoms with Crippen LogP contribution in [0.15, 0.2) is 42.9 Å². The number of nitrogens with zero attached hydrogens (tertiary/aromatic N) is 3. The molecule has 0 aliphatic carbocycles. The monoisotopic (exact) mass is 331 g/mol. The summed E-state index contributed by atoms with van der Waals surface area (Å²) in [5.41, 5.74) is 1.80. The molecule has 3 aromatic rings. The van der Waals surface area contributed by atoms with Gasteiger partial charge in [-0.25, -0.2) is 14.5 Å². The molecule has 0 saturated carbocycles. The lowest BCUT2D eigenvalue weighted by Gasteiger charge is -1.99. The van der Waals surface area contributed by atoms with Crippen LogP contribution in [0.4, 0.5) is 0 Å². The summed E-state index contributed by atoms with van der Waals surface area (Å²) in [6.07, 6.45) is 8.54. The van der Waals surface area contributed by atoms with Gasteiger partial charge in [0.15, 0.2) is 0 Å². The number of hydrogen-bond acceptors (Lipinski definition) is 4. The number of rotatable bonds is 4. The van der Waals surface area contributed by atoms with Crippen LogP contribution >= 0.6 is 22.9 Å².